The third kappa shape index (κ3) is 4.09. The first-order chi connectivity index (χ1) is 6.24. The first kappa shape index (κ1) is 13.4. The highest BCUT2D eigenvalue weighted by Crippen LogP contribution is 2.10. The van der Waals surface area contributed by atoms with E-state index in [0.29, 0.717) is 13.0 Å². The lowest BCUT2D eigenvalue weighted by Crippen LogP contribution is -2.34. The maximum atomic E-state index is 11.1. The van der Waals surface area contributed by atoms with Gasteiger partial charge in [-0.25, -0.2) is 0 Å². The van der Waals surface area contributed by atoms with Gasteiger partial charge >= 0.3 is 5.97 Å². The maximum absolute atomic E-state index is 11.1. The van der Waals surface area contributed by atoms with E-state index in [4.69, 9.17) is 10.5 Å². The number of rotatable bonds is 4. The van der Waals surface area contributed by atoms with E-state index in [0.717, 1.165) is 4.88 Å². The van der Waals surface area contributed by atoms with E-state index in [2.05, 4.69) is 0 Å². The number of thiophene rings is 1. The van der Waals surface area contributed by atoms with Gasteiger partial charge < -0.3 is 10.5 Å². The van der Waals surface area contributed by atoms with Crippen LogP contribution >= 0.6 is 23.7 Å². The fourth-order valence-corrected chi connectivity index (χ4v) is 1.74. The number of ether oxygens (including phenoxy) is 1. The quantitative estimate of drug-likeness (QED) is 0.807. The number of hydrogen-bond acceptors (Lipinski definition) is 4. The van der Waals surface area contributed by atoms with E-state index < -0.39 is 6.04 Å². The number of halogens is 1. The molecule has 0 aliphatic heterocycles. The summed E-state index contributed by atoms with van der Waals surface area (Å²) in [6, 6.07) is 3.38. The predicted octanol–water partition coefficient (Wildman–Crippen LogP) is 1.60. The molecule has 1 aromatic rings. The molecule has 3 nitrogen and oxygen atoms in total. The Labute approximate surface area is 93.7 Å². The second-order valence-electron chi connectivity index (χ2n) is 2.64. The molecule has 0 aliphatic carbocycles. The molecular formula is C9H14ClNO2S. The monoisotopic (exact) mass is 235 g/mol. The van der Waals surface area contributed by atoms with Gasteiger partial charge in [0.1, 0.15) is 6.04 Å². The standard InChI is InChI=1S/C9H13NO2S.ClH/c1-2-12-9(11)8(10)6-7-4-3-5-13-7;/h3-5,8H,2,6,10H2,1H3;1H. The van der Waals surface area contributed by atoms with Crippen molar-refractivity contribution in [1.82, 2.24) is 0 Å². The van der Waals surface area contributed by atoms with Crippen molar-refractivity contribution in [2.45, 2.75) is 19.4 Å². The average molecular weight is 236 g/mol. The summed E-state index contributed by atoms with van der Waals surface area (Å²) in [6.07, 6.45) is 0.566. The fourth-order valence-electron chi connectivity index (χ4n) is 0.978. The van der Waals surface area contributed by atoms with Gasteiger partial charge in [0, 0.05) is 11.3 Å². The van der Waals surface area contributed by atoms with E-state index >= 15 is 0 Å². The second kappa shape index (κ2) is 6.81. The van der Waals surface area contributed by atoms with E-state index in [1.807, 2.05) is 17.5 Å². The van der Waals surface area contributed by atoms with E-state index in [9.17, 15) is 4.79 Å². The SMILES string of the molecule is CCOC(=O)C(N)Cc1cccs1.Cl. The van der Waals surface area contributed by atoms with Crippen molar-refractivity contribution >= 4 is 29.7 Å². The summed E-state index contributed by atoms with van der Waals surface area (Å²) < 4.78 is 4.79. The van der Waals surface area contributed by atoms with Crippen molar-refractivity contribution in [1.29, 1.82) is 0 Å². The van der Waals surface area contributed by atoms with Crippen molar-refractivity contribution in [3.63, 3.8) is 0 Å². The summed E-state index contributed by atoms with van der Waals surface area (Å²) in [5.41, 5.74) is 5.63. The van der Waals surface area contributed by atoms with Gasteiger partial charge in [-0.1, -0.05) is 6.07 Å². The summed E-state index contributed by atoms with van der Waals surface area (Å²) in [4.78, 5) is 12.2. The molecule has 0 radical (unpaired) electrons. The van der Waals surface area contributed by atoms with Crippen LogP contribution in [-0.4, -0.2) is 18.6 Å². The number of nitrogens with two attached hydrogens (primary N) is 1. The Balaban J connectivity index is 0.00000169. The minimum Gasteiger partial charge on any atom is -0.465 e. The Hall–Kier alpha value is -0.580. The van der Waals surface area contributed by atoms with E-state index in [-0.39, 0.29) is 18.4 Å². The second-order valence-corrected chi connectivity index (χ2v) is 3.67. The molecule has 1 rings (SSSR count). The zero-order chi connectivity index (χ0) is 9.68. The molecule has 0 aliphatic rings. The van der Waals surface area contributed by atoms with Crippen LogP contribution in [0.25, 0.3) is 0 Å². The third-order valence-electron chi connectivity index (χ3n) is 1.59. The topological polar surface area (TPSA) is 52.3 Å². The number of hydrogen-bond donors (Lipinski definition) is 1. The van der Waals surface area contributed by atoms with Crippen molar-refractivity contribution < 1.29 is 9.53 Å². The highest BCUT2D eigenvalue weighted by molar-refractivity contribution is 7.09. The lowest BCUT2D eigenvalue weighted by atomic mass is 10.2. The Kier molecular flexibility index (Phi) is 6.53. The highest BCUT2D eigenvalue weighted by Gasteiger charge is 2.14. The van der Waals surface area contributed by atoms with Gasteiger partial charge in [0.25, 0.3) is 0 Å². The number of carbonyl (C=O) groups is 1. The van der Waals surface area contributed by atoms with Gasteiger partial charge in [0.2, 0.25) is 0 Å². The molecule has 2 N–H and O–H groups in total. The molecule has 0 bridgehead atoms. The molecule has 1 aromatic heterocycles. The summed E-state index contributed by atoms with van der Waals surface area (Å²) in [5.74, 6) is -0.323. The molecule has 14 heavy (non-hydrogen) atoms. The summed E-state index contributed by atoms with van der Waals surface area (Å²) in [6.45, 7) is 2.16. The summed E-state index contributed by atoms with van der Waals surface area (Å²) in [7, 11) is 0. The molecule has 1 heterocycles. The lowest BCUT2D eigenvalue weighted by molar-refractivity contribution is -0.144. The van der Waals surface area contributed by atoms with Crippen LogP contribution < -0.4 is 5.73 Å². The van der Waals surface area contributed by atoms with Crippen LogP contribution in [0.3, 0.4) is 0 Å². The van der Waals surface area contributed by atoms with Gasteiger partial charge in [0.05, 0.1) is 6.61 Å². The van der Waals surface area contributed by atoms with Crippen LogP contribution in [0.2, 0.25) is 0 Å². The van der Waals surface area contributed by atoms with Gasteiger partial charge in [0.15, 0.2) is 0 Å². The Morgan fingerprint density at radius 2 is 2.43 bits per heavy atom. The molecule has 0 fully saturated rings. The Bertz CT molecular complexity index is 264. The zero-order valence-corrected chi connectivity index (χ0v) is 9.57. The first-order valence-corrected chi connectivity index (χ1v) is 5.06. The van der Waals surface area contributed by atoms with Crippen molar-refractivity contribution in [3.8, 4) is 0 Å². The van der Waals surface area contributed by atoms with Crippen LogP contribution in [0.1, 0.15) is 11.8 Å². The minimum absolute atomic E-state index is 0. The average Bonchev–Trinajstić information content (AvgIpc) is 2.57. The van der Waals surface area contributed by atoms with Crippen LogP contribution in [0.15, 0.2) is 17.5 Å². The van der Waals surface area contributed by atoms with Crippen LogP contribution in [0.4, 0.5) is 0 Å². The van der Waals surface area contributed by atoms with E-state index in [1.54, 1.807) is 18.3 Å². The molecule has 1 atom stereocenters. The van der Waals surface area contributed by atoms with Gasteiger partial charge in [-0.3, -0.25) is 4.79 Å². The smallest absolute Gasteiger partial charge is 0.323 e. The third-order valence-corrected chi connectivity index (χ3v) is 2.49. The fraction of sp³-hybridized carbons (Fsp3) is 0.444. The molecular weight excluding hydrogens is 222 g/mol. The molecule has 0 amide bonds. The van der Waals surface area contributed by atoms with Gasteiger partial charge in [-0.2, -0.15) is 0 Å². The summed E-state index contributed by atoms with van der Waals surface area (Å²) in [5, 5.41) is 1.97. The maximum Gasteiger partial charge on any atom is 0.323 e. The molecule has 0 spiro atoms. The van der Waals surface area contributed by atoms with E-state index in [1.165, 1.54) is 0 Å². The number of esters is 1. The van der Waals surface area contributed by atoms with Crippen LogP contribution in [0.5, 0.6) is 0 Å². The largest absolute Gasteiger partial charge is 0.465 e. The molecule has 0 aromatic carbocycles. The summed E-state index contributed by atoms with van der Waals surface area (Å²) >= 11 is 1.60. The molecule has 80 valence electrons. The predicted molar refractivity (Wildman–Crippen MR) is 59.9 cm³/mol. The molecule has 0 saturated heterocycles. The van der Waals surface area contributed by atoms with Crippen molar-refractivity contribution in [2.24, 2.45) is 5.73 Å². The minimum atomic E-state index is -0.529. The molecule has 1 unspecified atom stereocenters. The lowest BCUT2D eigenvalue weighted by Gasteiger charge is -2.08. The Morgan fingerprint density at radius 3 is 2.93 bits per heavy atom. The van der Waals surface area contributed by atoms with Gasteiger partial charge in [-0.05, 0) is 18.4 Å². The van der Waals surface area contributed by atoms with Crippen molar-refractivity contribution in [3.05, 3.63) is 22.4 Å². The van der Waals surface area contributed by atoms with Crippen molar-refractivity contribution in [2.75, 3.05) is 6.61 Å². The normalized spacial score (nSPS) is 11.6. The molecule has 5 heteroatoms. The van der Waals surface area contributed by atoms with Gasteiger partial charge in [-0.15, -0.1) is 23.7 Å². The Morgan fingerprint density at radius 1 is 1.71 bits per heavy atom. The first-order valence-electron chi connectivity index (χ1n) is 4.18. The number of carbonyl (C=O) groups excluding carboxylic acids is 1. The zero-order valence-electron chi connectivity index (χ0n) is 7.93. The van der Waals surface area contributed by atoms with Crippen LogP contribution in [0, 0.1) is 0 Å². The molecule has 0 saturated carbocycles. The highest BCUT2D eigenvalue weighted by atomic mass is 35.5. The van der Waals surface area contributed by atoms with Crippen LogP contribution in [-0.2, 0) is 16.0 Å².